The van der Waals surface area contributed by atoms with E-state index in [-0.39, 0.29) is 12.0 Å². The number of hydrogen-bond donors (Lipinski definition) is 0. The topological polar surface area (TPSA) is 27.1 Å². The minimum Gasteiger partial charge on any atom is -0.376 e. The van der Waals surface area contributed by atoms with Crippen molar-refractivity contribution in [1.29, 1.82) is 0 Å². The van der Waals surface area contributed by atoms with Crippen LogP contribution in [-0.4, -0.2) is 22.3 Å². The number of rotatable bonds is 3. The Labute approximate surface area is 127 Å². The summed E-state index contributed by atoms with van der Waals surface area (Å²) < 4.78 is 46.2. The maximum Gasteiger partial charge on any atom is 0.416 e. The van der Waals surface area contributed by atoms with Crippen LogP contribution in [0.5, 0.6) is 0 Å². The van der Waals surface area contributed by atoms with Gasteiger partial charge in [0.1, 0.15) is 5.82 Å². The van der Waals surface area contributed by atoms with Crippen molar-refractivity contribution in [2.24, 2.45) is 0 Å². The van der Waals surface area contributed by atoms with Crippen LogP contribution >= 0.6 is 0 Å². The molecule has 1 aliphatic heterocycles. The lowest BCUT2D eigenvalue weighted by atomic mass is 10.2. The predicted molar refractivity (Wildman–Crippen MR) is 77.8 cm³/mol. The first-order chi connectivity index (χ1) is 10.4. The number of aromatic nitrogens is 2. The van der Waals surface area contributed by atoms with Gasteiger partial charge in [0.15, 0.2) is 0 Å². The number of halogens is 3. The van der Waals surface area contributed by atoms with Crippen molar-refractivity contribution in [2.75, 3.05) is 6.61 Å². The monoisotopic (exact) mass is 312 g/mol. The zero-order valence-corrected chi connectivity index (χ0v) is 12.7. The predicted octanol–water partition coefficient (Wildman–Crippen LogP) is 4.36. The summed E-state index contributed by atoms with van der Waals surface area (Å²) in [5.41, 5.74) is 0.487. The lowest BCUT2D eigenvalue weighted by Crippen LogP contribution is -2.17. The van der Waals surface area contributed by atoms with Gasteiger partial charge in [-0.25, -0.2) is 4.98 Å². The molecule has 2 heterocycles. The average molecular weight is 312 g/mol. The van der Waals surface area contributed by atoms with Crippen molar-refractivity contribution in [3.8, 4) is 0 Å². The van der Waals surface area contributed by atoms with Crippen molar-refractivity contribution in [3.63, 3.8) is 0 Å². The Morgan fingerprint density at radius 3 is 2.73 bits per heavy atom. The number of alkyl halides is 3. The molecule has 0 N–H and O–H groups in total. The summed E-state index contributed by atoms with van der Waals surface area (Å²) in [5, 5.41) is 0. The zero-order valence-electron chi connectivity index (χ0n) is 12.7. The Balaban J connectivity index is 2.05. The van der Waals surface area contributed by atoms with Crippen molar-refractivity contribution in [2.45, 2.75) is 51.4 Å². The van der Waals surface area contributed by atoms with Crippen LogP contribution in [0, 0.1) is 0 Å². The second kappa shape index (κ2) is 5.57. The van der Waals surface area contributed by atoms with Gasteiger partial charge in [-0.3, -0.25) is 0 Å². The summed E-state index contributed by atoms with van der Waals surface area (Å²) in [4.78, 5) is 4.44. The molecule has 1 aromatic carbocycles. The first-order valence-corrected chi connectivity index (χ1v) is 7.55. The van der Waals surface area contributed by atoms with E-state index in [9.17, 15) is 13.2 Å². The van der Waals surface area contributed by atoms with Gasteiger partial charge in [-0.15, -0.1) is 0 Å². The summed E-state index contributed by atoms with van der Waals surface area (Å²) in [6.07, 6.45) is -2.20. The molecule has 0 radical (unpaired) electrons. The van der Waals surface area contributed by atoms with Crippen molar-refractivity contribution < 1.29 is 17.9 Å². The van der Waals surface area contributed by atoms with Gasteiger partial charge in [-0.1, -0.05) is 13.8 Å². The quantitative estimate of drug-likeness (QED) is 0.842. The second-order valence-electron chi connectivity index (χ2n) is 6.07. The number of imidazole rings is 1. The highest BCUT2D eigenvalue weighted by Crippen LogP contribution is 2.32. The molecular formula is C16H19F3N2O. The Hall–Kier alpha value is -1.56. The van der Waals surface area contributed by atoms with Gasteiger partial charge in [0.2, 0.25) is 0 Å². The first-order valence-electron chi connectivity index (χ1n) is 7.55. The normalized spacial score (nSPS) is 19.5. The van der Waals surface area contributed by atoms with Crippen LogP contribution in [0.2, 0.25) is 0 Å². The Kier molecular flexibility index (Phi) is 3.89. The number of benzene rings is 1. The van der Waals surface area contributed by atoms with Crippen molar-refractivity contribution >= 4 is 11.0 Å². The Bertz CT molecular complexity index is 670. The molecular weight excluding hydrogens is 293 g/mol. The molecule has 1 unspecified atom stereocenters. The third-order valence-corrected chi connectivity index (χ3v) is 4.03. The van der Waals surface area contributed by atoms with Crippen LogP contribution in [0.25, 0.3) is 11.0 Å². The molecule has 6 heteroatoms. The molecule has 1 aromatic heterocycles. The first kappa shape index (κ1) is 15.3. The van der Waals surface area contributed by atoms with Gasteiger partial charge in [-0.05, 0) is 31.0 Å². The van der Waals surface area contributed by atoms with E-state index in [4.69, 9.17) is 4.74 Å². The van der Waals surface area contributed by atoms with Gasteiger partial charge in [0.05, 0.1) is 29.2 Å². The van der Waals surface area contributed by atoms with E-state index >= 15 is 0 Å². The maximum atomic E-state index is 12.9. The molecule has 3 rings (SSSR count). The van der Waals surface area contributed by atoms with Crippen LogP contribution < -0.4 is 0 Å². The van der Waals surface area contributed by atoms with Crippen LogP contribution in [0.4, 0.5) is 13.2 Å². The van der Waals surface area contributed by atoms with Crippen LogP contribution in [-0.2, 0) is 17.5 Å². The number of nitrogens with zero attached hydrogens (tertiary/aromatic N) is 2. The Morgan fingerprint density at radius 2 is 2.14 bits per heavy atom. The van der Waals surface area contributed by atoms with Gasteiger partial charge >= 0.3 is 6.18 Å². The van der Waals surface area contributed by atoms with E-state index in [1.165, 1.54) is 6.07 Å². The van der Waals surface area contributed by atoms with E-state index in [0.717, 1.165) is 42.9 Å². The molecule has 120 valence electrons. The van der Waals surface area contributed by atoms with Gasteiger partial charge in [0, 0.05) is 12.5 Å². The van der Waals surface area contributed by atoms with E-state index in [2.05, 4.69) is 4.98 Å². The fourth-order valence-corrected chi connectivity index (χ4v) is 2.95. The third kappa shape index (κ3) is 2.84. The van der Waals surface area contributed by atoms with Crippen LogP contribution in [0.1, 0.15) is 44.0 Å². The third-order valence-electron chi connectivity index (χ3n) is 4.03. The molecule has 1 aliphatic rings. The minimum atomic E-state index is -4.34. The van der Waals surface area contributed by atoms with Gasteiger partial charge in [-0.2, -0.15) is 13.2 Å². The number of fused-ring (bicyclic) bond motifs is 1. The Morgan fingerprint density at radius 1 is 1.36 bits per heavy atom. The van der Waals surface area contributed by atoms with Crippen LogP contribution in [0.3, 0.4) is 0 Å². The highest BCUT2D eigenvalue weighted by atomic mass is 19.4. The molecule has 0 bridgehead atoms. The van der Waals surface area contributed by atoms with E-state index in [0.29, 0.717) is 12.1 Å². The maximum absolute atomic E-state index is 12.9. The van der Waals surface area contributed by atoms with Crippen molar-refractivity contribution in [3.05, 3.63) is 29.6 Å². The molecule has 0 amide bonds. The average Bonchev–Trinajstić information content (AvgIpc) is 3.06. The van der Waals surface area contributed by atoms with E-state index in [1.807, 2.05) is 18.4 Å². The SMILES string of the molecule is CC(C)c1nc2cc(C(F)(F)F)ccc2n1CC1CCCO1. The summed E-state index contributed by atoms with van der Waals surface area (Å²) >= 11 is 0. The molecule has 0 spiro atoms. The summed E-state index contributed by atoms with van der Waals surface area (Å²) in [7, 11) is 0. The molecule has 3 nitrogen and oxygen atoms in total. The zero-order chi connectivity index (χ0) is 15.9. The second-order valence-corrected chi connectivity index (χ2v) is 6.07. The molecule has 1 fully saturated rings. The molecule has 1 atom stereocenters. The summed E-state index contributed by atoms with van der Waals surface area (Å²) in [6.45, 7) is 5.40. The highest BCUT2D eigenvalue weighted by molar-refractivity contribution is 5.77. The van der Waals surface area contributed by atoms with Crippen LogP contribution in [0.15, 0.2) is 18.2 Å². The van der Waals surface area contributed by atoms with Gasteiger partial charge < -0.3 is 9.30 Å². The minimum absolute atomic E-state index is 0.122. The highest BCUT2D eigenvalue weighted by Gasteiger charge is 2.31. The lowest BCUT2D eigenvalue weighted by molar-refractivity contribution is -0.137. The standard InChI is InChI=1S/C16H19F3N2O/c1-10(2)15-20-13-8-11(16(17,18)19)5-6-14(13)21(15)9-12-4-3-7-22-12/h5-6,8,10,12H,3-4,7,9H2,1-2H3. The summed E-state index contributed by atoms with van der Waals surface area (Å²) in [5.74, 6) is 0.952. The van der Waals surface area contributed by atoms with Gasteiger partial charge in [0.25, 0.3) is 0 Å². The molecule has 2 aromatic rings. The molecule has 0 saturated carbocycles. The van der Waals surface area contributed by atoms with E-state index < -0.39 is 11.7 Å². The molecule has 22 heavy (non-hydrogen) atoms. The lowest BCUT2D eigenvalue weighted by Gasteiger charge is -2.15. The largest absolute Gasteiger partial charge is 0.416 e. The summed E-state index contributed by atoms with van der Waals surface area (Å²) in [6, 6.07) is 3.78. The number of ether oxygens (including phenoxy) is 1. The number of hydrogen-bond acceptors (Lipinski definition) is 2. The fourth-order valence-electron chi connectivity index (χ4n) is 2.95. The molecule has 0 aliphatic carbocycles. The molecule has 1 saturated heterocycles. The fraction of sp³-hybridized carbons (Fsp3) is 0.562. The van der Waals surface area contributed by atoms with E-state index in [1.54, 1.807) is 0 Å². The smallest absolute Gasteiger partial charge is 0.376 e. The van der Waals surface area contributed by atoms with Crippen molar-refractivity contribution in [1.82, 2.24) is 9.55 Å².